The topological polar surface area (TPSA) is 18.5 Å². The van der Waals surface area contributed by atoms with Crippen molar-refractivity contribution < 1.29 is 9.47 Å². The van der Waals surface area contributed by atoms with Crippen LogP contribution in [0.3, 0.4) is 0 Å². The van der Waals surface area contributed by atoms with Crippen LogP contribution in [0.2, 0.25) is 0 Å². The predicted octanol–water partition coefficient (Wildman–Crippen LogP) is 5.32. The molecule has 0 bridgehead atoms. The molecule has 0 aromatic heterocycles. The van der Waals surface area contributed by atoms with Gasteiger partial charge >= 0.3 is 0 Å². The molecule has 0 N–H and O–H groups in total. The van der Waals surface area contributed by atoms with Gasteiger partial charge in [-0.15, -0.1) is 0 Å². The number of rotatable bonds is 9. The SMILES string of the molecule is Cc1ccc(OCCCCCCOc2ccc(C)cc2)cc1. The lowest BCUT2D eigenvalue weighted by Crippen LogP contribution is -1.99. The molecule has 0 spiro atoms. The van der Waals surface area contributed by atoms with Crippen molar-refractivity contribution in [3.05, 3.63) is 59.7 Å². The summed E-state index contributed by atoms with van der Waals surface area (Å²) < 4.78 is 11.4. The van der Waals surface area contributed by atoms with Crippen molar-refractivity contribution in [2.45, 2.75) is 39.5 Å². The summed E-state index contributed by atoms with van der Waals surface area (Å²) in [6, 6.07) is 16.5. The molecular weight excluding hydrogens is 272 g/mol. The Balaban J connectivity index is 1.47. The van der Waals surface area contributed by atoms with E-state index in [-0.39, 0.29) is 0 Å². The van der Waals surface area contributed by atoms with Crippen molar-refractivity contribution in [3.8, 4) is 11.5 Å². The first kappa shape index (κ1) is 16.4. The fourth-order valence-electron chi connectivity index (χ4n) is 2.21. The van der Waals surface area contributed by atoms with E-state index in [1.807, 2.05) is 24.3 Å². The van der Waals surface area contributed by atoms with Gasteiger partial charge in [0.25, 0.3) is 0 Å². The van der Waals surface area contributed by atoms with Gasteiger partial charge in [-0.25, -0.2) is 0 Å². The average Bonchev–Trinajstić information content (AvgIpc) is 2.53. The average molecular weight is 298 g/mol. The van der Waals surface area contributed by atoms with E-state index in [0.717, 1.165) is 37.6 Å². The number of hydrogen-bond acceptors (Lipinski definition) is 2. The molecule has 118 valence electrons. The zero-order chi connectivity index (χ0) is 15.6. The summed E-state index contributed by atoms with van der Waals surface area (Å²) in [6.45, 7) is 5.76. The Morgan fingerprint density at radius 2 is 0.909 bits per heavy atom. The summed E-state index contributed by atoms with van der Waals surface area (Å²) in [5.74, 6) is 1.93. The Morgan fingerprint density at radius 1 is 0.545 bits per heavy atom. The van der Waals surface area contributed by atoms with E-state index in [1.165, 1.54) is 24.0 Å². The van der Waals surface area contributed by atoms with Crippen LogP contribution >= 0.6 is 0 Å². The molecule has 2 aromatic carbocycles. The van der Waals surface area contributed by atoms with Gasteiger partial charge in [0.05, 0.1) is 13.2 Å². The van der Waals surface area contributed by atoms with Gasteiger partial charge in [0.2, 0.25) is 0 Å². The highest BCUT2D eigenvalue weighted by molar-refractivity contribution is 5.26. The molecule has 2 aromatic rings. The van der Waals surface area contributed by atoms with Gasteiger partial charge in [-0.3, -0.25) is 0 Å². The van der Waals surface area contributed by atoms with Crippen LogP contribution in [0.5, 0.6) is 11.5 Å². The monoisotopic (exact) mass is 298 g/mol. The maximum atomic E-state index is 5.72. The molecule has 2 rings (SSSR count). The molecule has 2 nitrogen and oxygen atoms in total. The zero-order valence-electron chi connectivity index (χ0n) is 13.7. The van der Waals surface area contributed by atoms with Crippen molar-refractivity contribution in [1.82, 2.24) is 0 Å². The lowest BCUT2D eigenvalue weighted by atomic mass is 10.2. The van der Waals surface area contributed by atoms with E-state index >= 15 is 0 Å². The second-order valence-corrected chi connectivity index (χ2v) is 5.74. The maximum absolute atomic E-state index is 5.72. The minimum absolute atomic E-state index is 0.794. The summed E-state index contributed by atoms with van der Waals surface area (Å²) in [7, 11) is 0. The Bertz CT molecular complexity index is 477. The molecule has 22 heavy (non-hydrogen) atoms. The standard InChI is InChI=1S/C20H26O2/c1-17-7-11-19(12-8-17)21-15-5-3-4-6-16-22-20-13-9-18(2)10-14-20/h7-14H,3-6,15-16H2,1-2H3. The van der Waals surface area contributed by atoms with Crippen LogP contribution < -0.4 is 9.47 Å². The summed E-state index contributed by atoms with van der Waals surface area (Å²) in [6.07, 6.45) is 4.56. The van der Waals surface area contributed by atoms with Crippen LogP contribution in [0.1, 0.15) is 36.8 Å². The molecule has 0 aliphatic carbocycles. The highest BCUT2D eigenvalue weighted by atomic mass is 16.5. The van der Waals surface area contributed by atoms with Crippen molar-refractivity contribution in [2.75, 3.05) is 13.2 Å². The van der Waals surface area contributed by atoms with Crippen LogP contribution in [0.15, 0.2) is 48.5 Å². The number of aryl methyl sites for hydroxylation is 2. The molecular formula is C20H26O2. The first-order valence-electron chi connectivity index (χ1n) is 8.13. The lowest BCUT2D eigenvalue weighted by Gasteiger charge is -2.07. The minimum Gasteiger partial charge on any atom is -0.494 e. The normalized spacial score (nSPS) is 10.5. The van der Waals surface area contributed by atoms with Crippen molar-refractivity contribution in [3.63, 3.8) is 0 Å². The fourth-order valence-corrected chi connectivity index (χ4v) is 2.21. The maximum Gasteiger partial charge on any atom is 0.119 e. The Labute approximate surface area is 134 Å². The van der Waals surface area contributed by atoms with Crippen LogP contribution in [0, 0.1) is 13.8 Å². The van der Waals surface area contributed by atoms with Gasteiger partial charge in [0.1, 0.15) is 11.5 Å². The molecule has 0 heterocycles. The Kier molecular flexibility index (Phi) is 6.82. The second kappa shape index (κ2) is 9.14. The van der Waals surface area contributed by atoms with E-state index in [4.69, 9.17) is 9.47 Å². The van der Waals surface area contributed by atoms with Crippen LogP contribution in [0.25, 0.3) is 0 Å². The number of benzene rings is 2. The summed E-state index contributed by atoms with van der Waals surface area (Å²) in [5.41, 5.74) is 2.53. The largest absolute Gasteiger partial charge is 0.494 e. The lowest BCUT2D eigenvalue weighted by molar-refractivity contribution is 0.287. The van der Waals surface area contributed by atoms with E-state index in [9.17, 15) is 0 Å². The van der Waals surface area contributed by atoms with Gasteiger partial charge < -0.3 is 9.47 Å². The molecule has 0 saturated heterocycles. The highest BCUT2D eigenvalue weighted by Gasteiger charge is 1.96. The van der Waals surface area contributed by atoms with Gasteiger partial charge in [0, 0.05) is 0 Å². The molecule has 0 radical (unpaired) electrons. The zero-order valence-corrected chi connectivity index (χ0v) is 13.7. The van der Waals surface area contributed by atoms with Crippen LogP contribution in [-0.4, -0.2) is 13.2 Å². The minimum atomic E-state index is 0.794. The molecule has 0 aliphatic rings. The van der Waals surface area contributed by atoms with Gasteiger partial charge in [0.15, 0.2) is 0 Å². The second-order valence-electron chi connectivity index (χ2n) is 5.74. The molecule has 0 fully saturated rings. The Hall–Kier alpha value is -1.96. The molecule has 0 saturated carbocycles. The van der Waals surface area contributed by atoms with Gasteiger partial charge in [-0.1, -0.05) is 35.4 Å². The first-order chi connectivity index (χ1) is 10.7. The van der Waals surface area contributed by atoms with Crippen LogP contribution in [-0.2, 0) is 0 Å². The van der Waals surface area contributed by atoms with E-state index in [1.54, 1.807) is 0 Å². The number of hydrogen-bond donors (Lipinski definition) is 0. The van der Waals surface area contributed by atoms with E-state index < -0.39 is 0 Å². The number of ether oxygens (including phenoxy) is 2. The van der Waals surface area contributed by atoms with Crippen molar-refractivity contribution in [1.29, 1.82) is 0 Å². The highest BCUT2D eigenvalue weighted by Crippen LogP contribution is 2.13. The number of unbranched alkanes of at least 4 members (excludes halogenated alkanes) is 3. The molecule has 0 aliphatic heterocycles. The van der Waals surface area contributed by atoms with E-state index in [2.05, 4.69) is 38.1 Å². The molecule has 0 amide bonds. The van der Waals surface area contributed by atoms with Gasteiger partial charge in [-0.2, -0.15) is 0 Å². The van der Waals surface area contributed by atoms with Crippen LogP contribution in [0.4, 0.5) is 0 Å². The molecule has 0 unspecified atom stereocenters. The summed E-state index contributed by atoms with van der Waals surface area (Å²) >= 11 is 0. The summed E-state index contributed by atoms with van der Waals surface area (Å²) in [5, 5.41) is 0. The van der Waals surface area contributed by atoms with Crippen molar-refractivity contribution in [2.24, 2.45) is 0 Å². The first-order valence-corrected chi connectivity index (χ1v) is 8.13. The smallest absolute Gasteiger partial charge is 0.119 e. The quantitative estimate of drug-likeness (QED) is 0.583. The summed E-state index contributed by atoms with van der Waals surface area (Å²) in [4.78, 5) is 0. The molecule has 0 atom stereocenters. The van der Waals surface area contributed by atoms with Gasteiger partial charge in [-0.05, 0) is 63.8 Å². The Morgan fingerprint density at radius 3 is 1.27 bits per heavy atom. The third-order valence-corrected chi connectivity index (χ3v) is 3.62. The third-order valence-electron chi connectivity index (χ3n) is 3.62. The molecule has 2 heteroatoms. The fraction of sp³-hybridized carbons (Fsp3) is 0.400. The predicted molar refractivity (Wildman–Crippen MR) is 91.8 cm³/mol. The van der Waals surface area contributed by atoms with Crippen molar-refractivity contribution >= 4 is 0 Å². The third kappa shape index (κ3) is 6.21. The van der Waals surface area contributed by atoms with E-state index in [0.29, 0.717) is 0 Å².